The van der Waals surface area contributed by atoms with Crippen molar-refractivity contribution in [1.82, 2.24) is 13.9 Å². The number of hydrogen-bond donors (Lipinski definition) is 0. The Labute approximate surface area is 194 Å². The average Bonchev–Trinajstić information content (AvgIpc) is 3.13. The highest BCUT2D eigenvalue weighted by Gasteiger charge is 2.36. The molecule has 1 aliphatic heterocycles. The van der Waals surface area contributed by atoms with Gasteiger partial charge in [-0.2, -0.15) is 12.7 Å². The van der Waals surface area contributed by atoms with Crippen LogP contribution in [0.4, 0.5) is 14.5 Å². The highest BCUT2D eigenvalue weighted by Crippen LogP contribution is 2.38. The van der Waals surface area contributed by atoms with Crippen molar-refractivity contribution >= 4 is 26.9 Å². The summed E-state index contributed by atoms with van der Waals surface area (Å²) in [5.41, 5.74) is 1.90. The Morgan fingerprint density at radius 3 is 2.42 bits per heavy atom. The van der Waals surface area contributed by atoms with E-state index in [1.807, 2.05) is 6.07 Å². The zero-order chi connectivity index (χ0) is 24.0. The molecule has 10 heteroatoms. The molecule has 2 aromatic rings. The van der Waals surface area contributed by atoms with Crippen molar-refractivity contribution in [2.75, 3.05) is 37.7 Å². The van der Waals surface area contributed by atoms with E-state index >= 15 is 0 Å². The molecule has 2 aliphatic rings. The maximum atomic E-state index is 13.6. The molecule has 33 heavy (non-hydrogen) atoms. The molecule has 0 radical (unpaired) electrons. The van der Waals surface area contributed by atoms with Gasteiger partial charge in [0, 0.05) is 44.9 Å². The molecule has 0 spiro atoms. The molecule has 184 valence electrons. The van der Waals surface area contributed by atoms with Crippen LogP contribution in [0.3, 0.4) is 0 Å². The smallest absolute Gasteiger partial charge is 0.303 e. The highest BCUT2D eigenvalue weighted by molar-refractivity contribution is 7.90. The van der Waals surface area contributed by atoms with Gasteiger partial charge in [-0.3, -0.25) is 4.31 Å². The number of fused-ring (bicyclic) bond motifs is 1. The Bertz CT molecular complexity index is 1090. The van der Waals surface area contributed by atoms with Gasteiger partial charge in [0.05, 0.1) is 29.9 Å². The highest BCUT2D eigenvalue weighted by atomic mass is 32.2. The fourth-order valence-corrected chi connectivity index (χ4v) is 6.03. The van der Waals surface area contributed by atoms with Crippen molar-refractivity contribution < 1.29 is 21.9 Å². The standard InChI is InChI=1S/C23H34F2N4O3S/c1-22(2,3)21-26-19-15-18(27(4)33(30,31)28-11-13-32-14-12-28)5-6-20(19)29(21)16-17-7-9-23(24,25)10-8-17/h5-6,15,17H,7-14,16H2,1-4H3. The summed E-state index contributed by atoms with van der Waals surface area (Å²) in [6.45, 7) is 8.31. The van der Waals surface area contributed by atoms with Crippen LogP contribution in [0, 0.1) is 5.92 Å². The minimum atomic E-state index is -3.67. The number of rotatable bonds is 5. The number of benzene rings is 1. The van der Waals surface area contributed by atoms with Crippen LogP contribution in [-0.2, 0) is 26.9 Å². The van der Waals surface area contributed by atoms with Gasteiger partial charge in [-0.1, -0.05) is 20.8 Å². The monoisotopic (exact) mass is 484 g/mol. The number of morpholine rings is 1. The number of hydrogen-bond acceptors (Lipinski definition) is 4. The predicted molar refractivity (Wildman–Crippen MR) is 125 cm³/mol. The van der Waals surface area contributed by atoms with Gasteiger partial charge in [0.15, 0.2) is 0 Å². The van der Waals surface area contributed by atoms with Crippen LogP contribution >= 0.6 is 0 Å². The third-order valence-corrected chi connectivity index (χ3v) is 8.61. The predicted octanol–water partition coefficient (Wildman–Crippen LogP) is 4.17. The Hall–Kier alpha value is -1.78. The van der Waals surface area contributed by atoms with Gasteiger partial charge >= 0.3 is 10.2 Å². The minimum absolute atomic E-state index is 0.0660. The summed E-state index contributed by atoms with van der Waals surface area (Å²) in [5.74, 6) is -1.50. The van der Waals surface area contributed by atoms with Crippen LogP contribution in [-0.4, -0.2) is 61.5 Å². The molecule has 1 aliphatic carbocycles. The lowest BCUT2D eigenvalue weighted by Gasteiger charge is -2.31. The van der Waals surface area contributed by atoms with Crippen LogP contribution in [0.25, 0.3) is 11.0 Å². The molecule has 0 atom stereocenters. The van der Waals surface area contributed by atoms with Gasteiger partial charge in [0.1, 0.15) is 5.82 Å². The average molecular weight is 485 g/mol. The maximum absolute atomic E-state index is 13.6. The lowest BCUT2D eigenvalue weighted by molar-refractivity contribution is -0.0473. The lowest BCUT2D eigenvalue weighted by Crippen LogP contribution is -2.47. The van der Waals surface area contributed by atoms with Crippen LogP contribution in [0.2, 0.25) is 0 Å². The SMILES string of the molecule is CN(c1ccc2c(c1)nc(C(C)(C)C)n2CC1CCC(F)(F)CC1)S(=O)(=O)N1CCOCC1. The Balaban J connectivity index is 1.65. The zero-order valence-electron chi connectivity index (χ0n) is 19.9. The van der Waals surface area contributed by atoms with E-state index in [1.54, 1.807) is 19.2 Å². The number of imidazole rings is 1. The third-order valence-electron chi connectivity index (χ3n) is 6.69. The second-order valence-electron chi connectivity index (χ2n) is 10.3. The molecule has 2 fully saturated rings. The van der Waals surface area contributed by atoms with Gasteiger partial charge in [-0.05, 0) is 37.0 Å². The van der Waals surface area contributed by atoms with Crippen molar-refractivity contribution in [1.29, 1.82) is 0 Å². The van der Waals surface area contributed by atoms with Crippen molar-refractivity contribution in [3.8, 4) is 0 Å². The van der Waals surface area contributed by atoms with Crippen molar-refractivity contribution in [2.45, 2.75) is 64.3 Å². The molecular weight excluding hydrogens is 450 g/mol. The molecule has 2 heterocycles. The topological polar surface area (TPSA) is 67.7 Å². The molecular formula is C23H34F2N4O3S. The number of halogens is 2. The van der Waals surface area contributed by atoms with Gasteiger partial charge in [-0.15, -0.1) is 0 Å². The summed E-state index contributed by atoms with van der Waals surface area (Å²) in [4.78, 5) is 4.88. The zero-order valence-corrected chi connectivity index (χ0v) is 20.7. The van der Waals surface area contributed by atoms with Crippen LogP contribution < -0.4 is 4.31 Å². The molecule has 1 saturated heterocycles. The molecule has 0 N–H and O–H groups in total. The van der Waals surface area contributed by atoms with E-state index in [0.29, 0.717) is 56.9 Å². The van der Waals surface area contributed by atoms with E-state index in [0.717, 1.165) is 11.3 Å². The van der Waals surface area contributed by atoms with Gasteiger partial charge in [-0.25, -0.2) is 13.8 Å². The number of aromatic nitrogens is 2. The van der Waals surface area contributed by atoms with E-state index in [-0.39, 0.29) is 24.2 Å². The second kappa shape index (κ2) is 8.78. The summed E-state index contributed by atoms with van der Waals surface area (Å²) in [6.07, 6.45) is 0.858. The van der Waals surface area contributed by atoms with Crippen LogP contribution in [0.15, 0.2) is 18.2 Å². The van der Waals surface area contributed by atoms with Crippen molar-refractivity contribution in [3.05, 3.63) is 24.0 Å². The fraction of sp³-hybridized carbons (Fsp3) is 0.696. The molecule has 4 rings (SSSR count). The first-order valence-electron chi connectivity index (χ1n) is 11.6. The fourth-order valence-electron chi connectivity index (χ4n) is 4.70. The maximum Gasteiger partial charge on any atom is 0.303 e. The summed E-state index contributed by atoms with van der Waals surface area (Å²) in [7, 11) is -2.12. The Kier molecular flexibility index (Phi) is 6.48. The third kappa shape index (κ3) is 5.02. The van der Waals surface area contributed by atoms with E-state index in [4.69, 9.17) is 9.72 Å². The first-order valence-corrected chi connectivity index (χ1v) is 13.0. The normalized spacial score (nSPS) is 20.9. The molecule has 7 nitrogen and oxygen atoms in total. The molecule has 1 aromatic carbocycles. The van der Waals surface area contributed by atoms with Gasteiger partial charge in [0.2, 0.25) is 5.92 Å². The number of anilines is 1. The van der Waals surface area contributed by atoms with Crippen molar-refractivity contribution in [3.63, 3.8) is 0 Å². The van der Waals surface area contributed by atoms with Crippen molar-refractivity contribution in [2.24, 2.45) is 5.92 Å². The van der Waals surface area contributed by atoms with Crippen LogP contribution in [0.1, 0.15) is 52.3 Å². The molecule has 1 saturated carbocycles. The molecule has 1 aromatic heterocycles. The Morgan fingerprint density at radius 2 is 1.82 bits per heavy atom. The molecule has 0 unspecified atom stereocenters. The van der Waals surface area contributed by atoms with E-state index in [1.165, 1.54) is 8.61 Å². The summed E-state index contributed by atoms with van der Waals surface area (Å²) < 4.78 is 63.6. The van der Waals surface area contributed by atoms with E-state index in [2.05, 4.69) is 25.3 Å². The molecule has 0 amide bonds. The van der Waals surface area contributed by atoms with E-state index < -0.39 is 16.1 Å². The summed E-state index contributed by atoms with van der Waals surface area (Å²) in [6, 6.07) is 5.49. The largest absolute Gasteiger partial charge is 0.379 e. The van der Waals surface area contributed by atoms with Gasteiger partial charge < -0.3 is 9.30 Å². The number of alkyl halides is 2. The number of nitrogens with zero attached hydrogens (tertiary/aromatic N) is 4. The molecule has 0 bridgehead atoms. The summed E-state index contributed by atoms with van der Waals surface area (Å²) >= 11 is 0. The first kappa shape index (κ1) is 24.3. The quantitative estimate of drug-likeness (QED) is 0.639. The Morgan fingerprint density at radius 1 is 1.18 bits per heavy atom. The van der Waals surface area contributed by atoms with E-state index in [9.17, 15) is 17.2 Å². The number of ether oxygens (including phenoxy) is 1. The minimum Gasteiger partial charge on any atom is -0.379 e. The van der Waals surface area contributed by atoms with Crippen LogP contribution in [0.5, 0.6) is 0 Å². The first-order chi connectivity index (χ1) is 15.4. The summed E-state index contributed by atoms with van der Waals surface area (Å²) in [5, 5.41) is 0. The van der Waals surface area contributed by atoms with Gasteiger partial charge in [0.25, 0.3) is 0 Å². The lowest BCUT2D eigenvalue weighted by atomic mass is 9.86. The second-order valence-corrected chi connectivity index (χ2v) is 12.2.